The Morgan fingerprint density at radius 3 is 1.37 bits per heavy atom. The van der Waals surface area contributed by atoms with Crippen molar-refractivity contribution in [2.45, 2.75) is 0 Å². The molecule has 4 aromatic heterocycles. The third-order valence-electron chi connectivity index (χ3n) is 18.8. The zero-order valence-electron chi connectivity index (χ0n) is 51.2. The number of fused-ring (bicyclic) bond motifs is 11. The van der Waals surface area contributed by atoms with Crippen molar-refractivity contribution in [3.05, 3.63) is 322 Å². The maximum atomic E-state index is 5.62. The molecule has 0 saturated carbocycles. The van der Waals surface area contributed by atoms with Crippen molar-refractivity contribution in [3.63, 3.8) is 0 Å². The lowest BCUT2D eigenvalue weighted by molar-refractivity contribution is 1.06. The first kappa shape index (κ1) is 54.4. The standard InChI is InChI=1S/C85H53BN8S/c1-6-24-55(25-7-1)69-53-70(56-26-8-2-9-27-56)88-84(87-69)59-46-48-72(94-71-38-20-16-35-65(71)79-75(94)49-47-64-63-34-17-23-41-78(63)95-81(64)79)66(50-59)85-90-82(57-28-10-3-11-29-57)89-83(91-85)58-44-42-54(43-45-58)60-51-76-80-77(52-60)93(62-32-14-5-15-33-62)74-40-22-19-37-68(74)86(80)67-36-18-21-39-73(67)92(76)61-30-12-4-13-31-61/h1-53H. The minimum absolute atomic E-state index is 0.00748. The molecule has 6 heterocycles. The highest BCUT2D eigenvalue weighted by Gasteiger charge is 2.43. The SMILES string of the molecule is c1ccc(-c2cc(-c3ccccc3)nc(-c3ccc(-n4c5ccccc5c5c6sc7ccccc7c6ccc54)c(-c4nc(-c5ccccc5)nc(-c5ccc(-c6cc7c8c(c6)N(c6ccccc6)c6ccccc6B8c6ccccc6N7c6ccccc6)cc5)n4)c3)n2)cc1. The Kier molecular flexibility index (Phi) is 12.7. The highest BCUT2D eigenvalue weighted by atomic mass is 32.1. The van der Waals surface area contributed by atoms with Gasteiger partial charge in [-0.05, 0) is 119 Å². The molecule has 2 aliphatic heterocycles. The van der Waals surface area contributed by atoms with Gasteiger partial charge >= 0.3 is 0 Å². The zero-order valence-corrected chi connectivity index (χ0v) is 52.0. The normalized spacial score (nSPS) is 12.4. The number of aromatic nitrogens is 6. The lowest BCUT2D eigenvalue weighted by atomic mass is 9.33. The second-order valence-electron chi connectivity index (χ2n) is 24.3. The Labute approximate surface area is 552 Å². The van der Waals surface area contributed by atoms with Crippen LogP contribution in [0.5, 0.6) is 0 Å². The Balaban J connectivity index is 0.819. The van der Waals surface area contributed by atoms with Crippen molar-refractivity contribution in [1.29, 1.82) is 0 Å². The van der Waals surface area contributed by atoms with Crippen LogP contribution in [-0.4, -0.2) is 36.2 Å². The number of hydrogen-bond acceptors (Lipinski definition) is 8. The molecule has 10 heteroatoms. The van der Waals surface area contributed by atoms with E-state index >= 15 is 0 Å². The lowest BCUT2D eigenvalue weighted by Gasteiger charge is -2.44. The van der Waals surface area contributed by atoms with E-state index in [1.54, 1.807) is 0 Å². The van der Waals surface area contributed by atoms with E-state index in [9.17, 15) is 0 Å². The van der Waals surface area contributed by atoms with Gasteiger partial charge in [0, 0.05) is 98.4 Å². The van der Waals surface area contributed by atoms with Gasteiger partial charge in [0.25, 0.3) is 6.71 Å². The van der Waals surface area contributed by atoms with Crippen molar-refractivity contribution < 1.29 is 0 Å². The van der Waals surface area contributed by atoms with E-state index in [1.807, 2.05) is 41.7 Å². The van der Waals surface area contributed by atoms with Gasteiger partial charge in [0.1, 0.15) is 0 Å². The van der Waals surface area contributed by atoms with Crippen LogP contribution in [0.3, 0.4) is 0 Å². The van der Waals surface area contributed by atoms with Gasteiger partial charge in [-0.1, -0.05) is 231 Å². The molecule has 0 bridgehead atoms. The summed E-state index contributed by atoms with van der Waals surface area (Å²) < 4.78 is 4.91. The van der Waals surface area contributed by atoms with Gasteiger partial charge in [0.05, 0.1) is 28.1 Å². The third-order valence-corrected chi connectivity index (χ3v) is 20.0. The fourth-order valence-electron chi connectivity index (χ4n) is 14.6. The number of rotatable bonds is 10. The molecule has 95 heavy (non-hydrogen) atoms. The molecule has 17 aromatic rings. The van der Waals surface area contributed by atoms with Gasteiger partial charge < -0.3 is 14.4 Å². The fourth-order valence-corrected chi connectivity index (χ4v) is 15.8. The summed E-state index contributed by atoms with van der Waals surface area (Å²) in [6, 6.07) is 115. The average molecular weight is 1230 g/mol. The van der Waals surface area contributed by atoms with E-state index in [1.165, 1.54) is 58.7 Å². The van der Waals surface area contributed by atoms with E-state index in [-0.39, 0.29) is 6.71 Å². The highest BCUT2D eigenvalue weighted by molar-refractivity contribution is 7.26. The van der Waals surface area contributed by atoms with Gasteiger partial charge in [0.2, 0.25) is 0 Å². The second-order valence-corrected chi connectivity index (χ2v) is 25.3. The molecule has 0 fully saturated rings. The Morgan fingerprint density at radius 1 is 0.284 bits per heavy atom. The smallest absolute Gasteiger partial charge is 0.252 e. The van der Waals surface area contributed by atoms with Crippen LogP contribution in [0.4, 0.5) is 34.1 Å². The highest BCUT2D eigenvalue weighted by Crippen LogP contribution is 2.48. The van der Waals surface area contributed by atoms with Crippen LogP contribution in [0.2, 0.25) is 0 Å². The predicted molar refractivity (Wildman–Crippen MR) is 395 cm³/mol. The van der Waals surface area contributed by atoms with Gasteiger partial charge in [-0.25, -0.2) is 24.9 Å². The molecule has 0 amide bonds. The van der Waals surface area contributed by atoms with E-state index in [4.69, 9.17) is 24.9 Å². The average Bonchev–Trinajstić information content (AvgIpc) is 1.72. The zero-order chi connectivity index (χ0) is 62.5. The van der Waals surface area contributed by atoms with Crippen LogP contribution < -0.4 is 26.2 Å². The minimum atomic E-state index is 0.00748. The van der Waals surface area contributed by atoms with E-state index in [0.717, 1.165) is 95.4 Å². The Bertz CT molecular complexity index is 5690. The molecule has 442 valence electrons. The van der Waals surface area contributed by atoms with Crippen LogP contribution in [0.1, 0.15) is 0 Å². The van der Waals surface area contributed by atoms with Gasteiger partial charge in [0.15, 0.2) is 23.3 Å². The van der Waals surface area contributed by atoms with Crippen molar-refractivity contribution in [2.75, 3.05) is 9.80 Å². The number of benzene rings is 13. The van der Waals surface area contributed by atoms with Crippen LogP contribution in [0.15, 0.2) is 322 Å². The van der Waals surface area contributed by atoms with Crippen molar-refractivity contribution in [2.24, 2.45) is 0 Å². The summed E-state index contributed by atoms with van der Waals surface area (Å²) in [4.78, 5) is 32.2. The molecule has 19 rings (SSSR count). The molecule has 13 aromatic carbocycles. The summed E-state index contributed by atoms with van der Waals surface area (Å²) in [5.74, 6) is 2.19. The molecule has 0 N–H and O–H groups in total. The van der Waals surface area contributed by atoms with Gasteiger partial charge in [-0.3, -0.25) is 0 Å². The fraction of sp³-hybridized carbons (Fsp3) is 0. The first-order valence-corrected chi connectivity index (χ1v) is 32.9. The van der Waals surface area contributed by atoms with Crippen molar-refractivity contribution in [1.82, 2.24) is 29.5 Å². The van der Waals surface area contributed by atoms with Gasteiger partial charge in [-0.15, -0.1) is 11.3 Å². The molecular weight excluding hydrogens is 1180 g/mol. The molecule has 0 unspecified atom stereocenters. The molecule has 0 spiro atoms. The number of para-hydroxylation sites is 5. The first-order chi connectivity index (χ1) is 47.1. The van der Waals surface area contributed by atoms with Crippen LogP contribution in [0.25, 0.3) is 127 Å². The largest absolute Gasteiger partial charge is 0.311 e. The summed E-state index contributed by atoms with van der Waals surface area (Å²) in [6.07, 6.45) is 0. The van der Waals surface area contributed by atoms with E-state index < -0.39 is 0 Å². The van der Waals surface area contributed by atoms with E-state index in [0.29, 0.717) is 23.3 Å². The molecular formula is C85H53BN8S. The Hall–Kier alpha value is -12.4. The van der Waals surface area contributed by atoms with Gasteiger partial charge in [-0.2, -0.15) is 0 Å². The second kappa shape index (κ2) is 22.2. The summed E-state index contributed by atoms with van der Waals surface area (Å²) >= 11 is 1.85. The molecule has 0 radical (unpaired) electrons. The topological polar surface area (TPSA) is 75.9 Å². The number of hydrogen-bond donors (Lipinski definition) is 0. The summed E-state index contributed by atoms with van der Waals surface area (Å²) in [5, 5.41) is 4.88. The first-order valence-electron chi connectivity index (χ1n) is 32.1. The summed E-state index contributed by atoms with van der Waals surface area (Å²) in [7, 11) is 0. The molecule has 0 saturated heterocycles. The molecule has 8 nitrogen and oxygen atoms in total. The van der Waals surface area contributed by atoms with Crippen molar-refractivity contribution >= 4 is 111 Å². The van der Waals surface area contributed by atoms with E-state index in [2.05, 4.69) is 306 Å². The molecule has 0 aliphatic carbocycles. The number of anilines is 6. The summed E-state index contributed by atoms with van der Waals surface area (Å²) in [5.41, 5.74) is 22.8. The van der Waals surface area contributed by atoms with Crippen molar-refractivity contribution in [3.8, 4) is 84.9 Å². The monoisotopic (exact) mass is 1230 g/mol. The van der Waals surface area contributed by atoms with Crippen LogP contribution in [-0.2, 0) is 0 Å². The molecule has 0 atom stereocenters. The maximum Gasteiger partial charge on any atom is 0.252 e. The summed E-state index contributed by atoms with van der Waals surface area (Å²) in [6.45, 7) is 0.00748. The number of thiophene rings is 1. The van der Waals surface area contributed by atoms with Crippen LogP contribution in [0, 0.1) is 0 Å². The maximum absolute atomic E-state index is 5.62. The lowest BCUT2D eigenvalue weighted by Crippen LogP contribution is -2.61. The minimum Gasteiger partial charge on any atom is -0.311 e. The number of nitrogens with zero attached hydrogens (tertiary/aromatic N) is 8. The van der Waals surface area contributed by atoms with Crippen LogP contribution >= 0.6 is 11.3 Å². The quantitative estimate of drug-likeness (QED) is 0.126. The Morgan fingerprint density at radius 2 is 0.758 bits per heavy atom. The third kappa shape index (κ3) is 9.02. The molecule has 2 aliphatic rings. The predicted octanol–water partition coefficient (Wildman–Crippen LogP) is 19.9.